The summed E-state index contributed by atoms with van der Waals surface area (Å²) in [6, 6.07) is 0. The van der Waals surface area contributed by atoms with Crippen molar-refractivity contribution in [2.75, 3.05) is 19.6 Å². The number of hydrogen-bond donors (Lipinski definition) is 1. The van der Waals surface area contributed by atoms with Crippen LogP contribution in [0, 0.1) is 5.92 Å². The molecule has 14 heavy (non-hydrogen) atoms. The van der Waals surface area contributed by atoms with Crippen LogP contribution in [-0.2, 0) is 4.79 Å². The summed E-state index contributed by atoms with van der Waals surface area (Å²) in [5.41, 5.74) is 0. The lowest BCUT2D eigenvalue weighted by atomic mass is 9.95. The van der Waals surface area contributed by atoms with E-state index in [1.54, 1.807) is 0 Å². The van der Waals surface area contributed by atoms with Gasteiger partial charge in [-0.2, -0.15) is 0 Å². The van der Waals surface area contributed by atoms with E-state index < -0.39 is 5.97 Å². The Morgan fingerprint density at radius 1 is 1.57 bits per heavy atom. The zero-order chi connectivity index (χ0) is 10.4. The second-order valence-electron chi connectivity index (χ2n) is 4.21. The first-order chi connectivity index (χ1) is 6.72. The highest BCUT2D eigenvalue weighted by Crippen LogP contribution is 2.19. The van der Waals surface area contributed by atoms with Crippen LogP contribution in [0.1, 0.15) is 39.0 Å². The maximum atomic E-state index is 10.3. The van der Waals surface area contributed by atoms with Gasteiger partial charge in [0, 0.05) is 13.0 Å². The van der Waals surface area contributed by atoms with E-state index in [0.29, 0.717) is 6.42 Å². The molecule has 1 N–H and O–H groups in total. The minimum atomic E-state index is -0.672. The fourth-order valence-corrected chi connectivity index (χ4v) is 2.14. The molecular weight excluding hydrogens is 178 g/mol. The summed E-state index contributed by atoms with van der Waals surface area (Å²) in [5, 5.41) is 8.52. The Labute approximate surface area is 86.1 Å². The molecule has 82 valence electrons. The van der Waals surface area contributed by atoms with Crippen LogP contribution in [0.25, 0.3) is 0 Å². The number of aliphatic carboxylic acids is 1. The van der Waals surface area contributed by atoms with Crippen LogP contribution in [0.15, 0.2) is 0 Å². The lowest BCUT2D eigenvalue weighted by Gasteiger charge is -2.32. The predicted molar refractivity (Wildman–Crippen MR) is 56.3 cm³/mol. The van der Waals surface area contributed by atoms with Crippen molar-refractivity contribution in [3.63, 3.8) is 0 Å². The molecule has 0 radical (unpaired) electrons. The highest BCUT2D eigenvalue weighted by Gasteiger charge is 2.17. The Hall–Kier alpha value is -0.570. The second kappa shape index (κ2) is 6.02. The molecule has 0 aliphatic carbocycles. The minimum absolute atomic E-state index is 0.313. The molecule has 0 spiro atoms. The smallest absolute Gasteiger partial charge is 0.303 e. The third kappa shape index (κ3) is 4.09. The number of carboxylic acid groups (broad SMARTS) is 1. The number of carbonyl (C=O) groups is 1. The van der Waals surface area contributed by atoms with Crippen LogP contribution >= 0.6 is 0 Å². The topological polar surface area (TPSA) is 40.5 Å². The Kier molecular flexibility index (Phi) is 4.94. The van der Waals surface area contributed by atoms with Crippen molar-refractivity contribution in [3.05, 3.63) is 0 Å². The van der Waals surface area contributed by atoms with Gasteiger partial charge in [-0.25, -0.2) is 0 Å². The van der Waals surface area contributed by atoms with Crippen LogP contribution < -0.4 is 0 Å². The van der Waals surface area contributed by atoms with E-state index >= 15 is 0 Å². The molecule has 0 amide bonds. The molecule has 3 nitrogen and oxygen atoms in total. The molecule has 0 aromatic carbocycles. The van der Waals surface area contributed by atoms with Gasteiger partial charge in [-0.05, 0) is 38.3 Å². The number of hydrogen-bond acceptors (Lipinski definition) is 2. The Morgan fingerprint density at radius 3 is 3.00 bits per heavy atom. The molecule has 1 unspecified atom stereocenters. The normalized spacial score (nSPS) is 23.6. The summed E-state index contributed by atoms with van der Waals surface area (Å²) in [6.45, 7) is 5.54. The van der Waals surface area contributed by atoms with Gasteiger partial charge in [-0.15, -0.1) is 0 Å². The van der Waals surface area contributed by atoms with Gasteiger partial charge in [0.2, 0.25) is 0 Å². The monoisotopic (exact) mass is 199 g/mol. The van der Waals surface area contributed by atoms with E-state index in [-0.39, 0.29) is 0 Å². The molecule has 1 aliphatic rings. The SMILES string of the molecule is CCC1CCCN(CCCC(=O)O)C1. The van der Waals surface area contributed by atoms with Crippen molar-refractivity contribution < 1.29 is 9.90 Å². The van der Waals surface area contributed by atoms with Crippen LogP contribution in [0.4, 0.5) is 0 Å². The fraction of sp³-hybridized carbons (Fsp3) is 0.909. The summed E-state index contributed by atoms with van der Waals surface area (Å²) < 4.78 is 0. The van der Waals surface area contributed by atoms with E-state index in [1.807, 2.05) is 0 Å². The second-order valence-corrected chi connectivity index (χ2v) is 4.21. The lowest BCUT2D eigenvalue weighted by molar-refractivity contribution is -0.137. The number of nitrogens with zero attached hydrogens (tertiary/aromatic N) is 1. The first kappa shape index (κ1) is 11.5. The molecule has 1 aliphatic heterocycles. The summed E-state index contributed by atoms with van der Waals surface area (Å²) in [4.78, 5) is 12.8. The number of likely N-dealkylation sites (tertiary alicyclic amines) is 1. The van der Waals surface area contributed by atoms with E-state index in [4.69, 9.17) is 5.11 Å². The largest absolute Gasteiger partial charge is 0.481 e. The zero-order valence-electron chi connectivity index (χ0n) is 9.04. The highest BCUT2D eigenvalue weighted by atomic mass is 16.4. The molecule has 3 heteroatoms. The average Bonchev–Trinajstić information content (AvgIpc) is 2.18. The van der Waals surface area contributed by atoms with Gasteiger partial charge in [0.25, 0.3) is 0 Å². The number of rotatable bonds is 5. The van der Waals surface area contributed by atoms with Crippen LogP contribution in [0.2, 0.25) is 0 Å². The van der Waals surface area contributed by atoms with Crippen molar-refractivity contribution >= 4 is 5.97 Å². The van der Waals surface area contributed by atoms with Gasteiger partial charge in [-0.1, -0.05) is 13.3 Å². The van der Waals surface area contributed by atoms with Gasteiger partial charge in [0.15, 0.2) is 0 Å². The van der Waals surface area contributed by atoms with Crippen molar-refractivity contribution in [2.45, 2.75) is 39.0 Å². The average molecular weight is 199 g/mol. The van der Waals surface area contributed by atoms with Crippen LogP contribution in [-0.4, -0.2) is 35.6 Å². The molecule has 0 bridgehead atoms. The molecule has 1 saturated heterocycles. The van der Waals surface area contributed by atoms with E-state index in [0.717, 1.165) is 25.4 Å². The van der Waals surface area contributed by atoms with Crippen molar-refractivity contribution in [1.82, 2.24) is 4.90 Å². The summed E-state index contributed by atoms with van der Waals surface area (Å²) in [7, 11) is 0. The lowest BCUT2D eigenvalue weighted by Crippen LogP contribution is -2.35. The zero-order valence-corrected chi connectivity index (χ0v) is 9.04. The third-order valence-corrected chi connectivity index (χ3v) is 3.05. The van der Waals surface area contributed by atoms with E-state index in [1.165, 1.54) is 25.8 Å². The molecule has 0 aromatic rings. The predicted octanol–water partition coefficient (Wildman–Crippen LogP) is 1.97. The highest BCUT2D eigenvalue weighted by molar-refractivity contribution is 5.66. The summed E-state index contributed by atoms with van der Waals surface area (Å²) >= 11 is 0. The van der Waals surface area contributed by atoms with Gasteiger partial charge < -0.3 is 10.0 Å². The molecule has 1 atom stereocenters. The summed E-state index contributed by atoms with van der Waals surface area (Å²) in [6.07, 6.45) is 5.01. The maximum Gasteiger partial charge on any atom is 0.303 e. The van der Waals surface area contributed by atoms with E-state index in [9.17, 15) is 4.79 Å². The maximum absolute atomic E-state index is 10.3. The third-order valence-electron chi connectivity index (χ3n) is 3.05. The van der Waals surface area contributed by atoms with Gasteiger partial charge >= 0.3 is 5.97 Å². The Balaban J connectivity index is 2.14. The van der Waals surface area contributed by atoms with Gasteiger partial charge in [0.05, 0.1) is 0 Å². The quantitative estimate of drug-likeness (QED) is 0.736. The Morgan fingerprint density at radius 2 is 2.36 bits per heavy atom. The van der Waals surface area contributed by atoms with Gasteiger partial charge in [0.1, 0.15) is 0 Å². The molecular formula is C11H21NO2. The number of carboxylic acids is 1. The molecule has 1 rings (SSSR count). The van der Waals surface area contributed by atoms with Gasteiger partial charge in [-0.3, -0.25) is 4.79 Å². The Bertz CT molecular complexity index is 182. The minimum Gasteiger partial charge on any atom is -0.481 e. The number of piperidine rings is 1. The van der Waals surface area contributed by atoms with E-state index in [2.05, 4.69) is 11.8 Å². The van der Waals surface area contributed by atoms with Crippen molar-refractivity contribution in [2.24, 2.45) is 5.92 Å². The van der Waals surface area contributed by atoms with Crippen LogP contribution in [0.3, 0.4) is 0 Å². The standard InChI is InChI=1S/C11H21NO2/c1-2-10-5-3-7-12(9-10)8-4-6-11(13)14/h10H,2-9H2,1H3,(H,13,14). The van der Waals surface area contributed by atoms with Crippen molar-refractivity contribution in [1.29, 1.82) is 0 Å². The van der Waals surface area contributed by atoms with Crippen LogP contribution in [0.5, 0.6) is 0 Å². The van der Waals surface area contributed by atoms with Crippen molar-refractivity contribution in [3.8, 4) is 0 Å². The first-order valence-electron chi connectivity index (χ1n) is 5.66. The molecule has 0 aromatic heterocycles. The fourth-order valence-electron chi connectivity index (χ4n) is 2.14. The first-order valence-corrected chi connectivity index (χ1v) is 5.66. The molecule has 0 saturated carbocycles. The summed E-state index contributed by atoms with van der Waals surface area (Å²) in [5.74, 6) is 0.169. The molecule has 1 fully saturated rings. The molecule has 1 heterocycles.